The predicted octanol–water partition coefficient (Wildman–Crippen LogP) is -0.217. The Bertz CT molecular complexity index is 250. The Morgan fingerprint density at radius 2 is 1.80 bits per heavy atom. The molecule has 1 aliphatic rings. The Balaban J connectivity index is 2.63. The molecule has 1 fully saturated rings. The van der Waals surface area contributed by atoms with Crippen LogP contribution >= 0.6 is 0 Å². The summed E-state index contributed by atoms with van der Waals surface area (Å²) >= 11 is 0. The molecule has 5 nitrogen and oxygen atoms in total. The molecule has 1 aliphatic heterocycles. The number of ketones is 1. The van der Waals surface area contributed by atoms with Crippen LogP contribution in [0.15, 0.2) is 0 Å². The zero-order chi connectivity index (χ0) is 11.4. The van der Waals surface area contributed by atoms with Crippen LogP contribution in [-0.4, -0.2) is 40.3 Å². The number of cyclic esters (lactones) is 1. The molecule has 5 heteroatoms. The summed E-state index contributed by atoms with van der Waals surface area (Å²) in [4.78, 5) is 22.4. The lowest BCUT2D eigenvalue weighted by atomic mass is 10.0. The molecule has 0 radical (unpaired) electrons. The smallest absolute Gasteiger partial charge is 0.308 e. The van der Waals surface area contributed by atoms with E-state index in [1.807, 2.05) is 0 Å². The summed E-state index contributed by atoms with van der Waals surface area (Å²) in [7, 11) is 0. The van der Waals surface area contributed by atoms with Crippen molar-refractivity contribution in [1.82, 2.24) is 0 Å². The number of rotatable bonds is 0. The van der Waals surface area contributed by atoms with Crippen molar-refractivity contribution in [3.8, 4) is 0 Å². The Morgan fingerprint density at radius 1 is 1.20 bits per heavy atom. The number of aliphatic hydroxyl groups excluding tert-OH is 2. The zero-order valence-corrected chi connectivity index (χ0v) is 8.68. The molecule has 0 aromatic rings. The van der Waals surface area contributed by atoms with Crippen molar-refractivity contribution < 1.29 is 24.5 Å². The second-order valence-corrected chi connectivity index (χ2v) is 3.92. The maximum absolute atomic E-state index is 11.3. The average Bonchev–Trinajstić information content (AvgIpc) is 2.13. The summed E-state index contributed by atoms with van der Waals surface area (Å²) in [6.45, 7) is 1.70. The molecular formula is C10H16O5. The first-order chi connectivity index (χ1) is 6.99. The van der Waals surface area contributed by atoms with E-state index in [4.69, 9.17) is 4.74 Å². The lowest BCUT2D eigenvalue weighted by Gasteiger charge is -2.20. The third-order valence-electron chi connectivity index (χ3n) is 2.42. The predicted molar refractivity (Wildman–Crippen MR) is 51.0 cm³/mol. The molecule has 1 rings (SSSR count). The largest absolute Gasteiger partial charge is 0.463 e. The fourth-order valence-electron chi connectivity index (χ4n) is 1.47. The molecule has 86 valence electrons. The van der Waals surface area contributed by atoms with Crippen molar-refractivity contribution in [3.05, 3.63) is 0 Å². The van der Waals surface area contributed by atoms with Crippen LogP contribution in [0.2, 0.25) is 0 Å². The van der Waals surface area contributed by atoms with Gasteiger partial charge < -0.3 is 14.9 Å². The van der Waals surface area contributed by atoms with Crippen molar-refractivity contribution in [2.75, 3.05) is 0 Å². The highest BCUT2D eigenvalue weighted by Crippen LogP contribution is 2.13. The van der Waals surface area contributed by atoms with E-state index in [9.17, 15) is 19.8 Å². The van der Waals surface area contributed by atoms with Gasteiger partial charge in [-0.25, -0.2) is 0 Å². The molecule has 0 aliphatic carbocycles. The molecule has 3 atom stereocenters. The quantitative estimate of drug-likeness (QED) is 0.547. The van der Waals surface area contributed by atoms with E-state index in [1.165, 1.54) is 0 Å². The van der Waals surface area contributed by atoms with Crippen LogP contribution in [0, 0.1) is 0 Å². The van der Waals surface area contributed by atoms with E-state index in [1.54, 1.807) is 6.92 Å². The van der Waals surface area contributed by atoms with Crippen LogP contribution in [0.1, 0.15) is 32.6 Å². The average molecular weight is 216 g/mol. The summed E-state index contributed by atoms with van der Waals surface area (Å²) in [6, 6.07) is 0. The van der Waals surface area contributed by atoms with Crippen LogP contribution in [0.25, 0.3) is 0 Å². The second-order valence-electron chi connectivity index (χ2n) is 3.92. The standard InChI is InChI=1S/C10H16O5/c1-6-2-3-7(11)4-8(12)9(13)5-10(14)15-6/h6,8-9,12-13H,2-5H2,1H3/t6-,8+,9-/m1/s1. The van der Waals surface area contributed by atoms with Crippen molar-refractivity contribution in [2.45, 2.75) is 50.9 Å². The molecule has 0 aromatic heterocycles. The highest BCUT2D eigenvalue weighted by Gasteiger charge is 2.25. The van der Waals surface area contributed by atoms with Gasteiger partial charge in [0.1, 0.15) is 5.78 Å². The minimum atomic E-state index is -1.22. The third-order valence-corrected chi connectivity index (χ3v) is 2.42. The summed E-state index contributed by atoms with van der Waals surface area (Å²) < 4.78 is 4.93. The summed E-state index contributed by atoms with van der Waals surface area (Å²) in [5.74, 6) is -0.658. The fraction of sp³-hybridized carbons (Fsp3) is 0.800. The molecule has 0 saturated carbocycles. The Labute approximate surface area is 88.0 Å². The van der Waals surface area contributed by atoms with E-state index in [2.05, 4.69) is 0 Å². The van der Waals surface area contributed by atoms with Crippen molar-refractivity contribution in [2.24, 2.45) is 0 Å². The van der Waals surface area contributed by atoms with Crippen LogP contribution in [0.5, 0.6) is 0 Å². The Kier molecular flexibility index (Phi) is 4.23. The SMILES string of the molecule is C[C@@H]1CCC(=O)C[C@H](O)[C@H](O)CC(=O)O1. The van der Waals surface area contributed by atoms with Crippen molar-refractivity contribution in [1.29, 1.82) is 0 Å². The molecule has 1 saturated heterocycles. The minimum Gasteiger partial charge on any atom is -0.463 e. The van der Waals surface area contributed by atoms with Gasteiger partial charge >= 0.3 is 5.97 Å². The van der Waals surface area contributed by atoms with E-state index in [0.29, 0.717) is 6.42 Å². The first kappa shape index (κ1) is 12.1. The molecule has 1 heterocycles. The van der Waals surface area contributed by atoms with Gasteiger partial charge in [0.05, 0.1) is 24.7 Å². The maximum atomic E-state index is 11.3. The fourth-order valence-corrected chi connectivity index (χ4v) is 1.47. The van der Waals surface area contributed by atoms with Crippen LogP contribution in [0.3, 0.4) is 0 Å². The van der Waals surface area contributed by atoms with Crippen molar-refractivity contribution >= 4 is 11.8 Å². The topological polar surface area (TPSA) is 83.8 Å². The van der Waals surface area contributed by atoms with Gasteiger partial charge in [0.15, 0.2) is 0 Å². The van der Waals surface area contributed by atoms with Gasteiger partial charge in [0.25, 0.3) is 0 Å². The number of carbonyl (C=O) groups is 2. The first-order valence-corrected chi connectivity index (χ1v) is 5.06. The number of hydrogen-bond donors (Lipinski definition) is 2. The molecule has 0 aromatic carbocycles. The van der Waals surface area contributed by atoms with Crippen LogP contribution < -0.4 is 0 Å². The second kappa shape index (κ2) is 5.23. The van der Waals surface area contributed by atoms with Gasteiger partial charge in [-0.05, 0) is 13.3 Å². The normalized spacial score (nSPS) is 34.7. The number of esters is 1. The lowest BCUT2D eigenvalue weighted by molar-refractivity contribution is -0.154. The molecule has 2 N–H and O–H groups in total. The molecule has 15 heavy (non-hydrogen) atoms. The number of hydrogen-bond acceptors (Lipinski definition) is 5. The first-order valence-electron chi connectivity index (χ1n) is 5.06. The Hall–Kier alpha value is -0.940. The number of aliphatic hydroxyl groups is 2. The van der Waals surface area contributed by atoms with Gasteiger partial charge in [-0.15, -0.1) is 0 Å². The number of carbonyl (C=O) groups excluding carboxylic acids is 2. The molecule has 0 spiro atoms. The van der Waals surface area contributed by atoms with Gasteiger partial charge in [-0.1, -0.05) is 0 Å². The van der Waals surface area contributed by atoms with E-state index in [0.717, 1.165) is 0 Å². The van der Waals surface area contributed by atoms with Gasteiger partial charge in [0, 0.05) is 12.8 Å². The monoisotopic (exact) mass is 216 g/mol. The molecular weight excluding hydrogens is 200 g/mol. The summed E-state index contributed by atoms with van der Waals surface area (Å²) in [6.07, 6.45) is -2.33. The number of Topliss-reactive ketones (excluding diaryl/α,β-unsaturated/α-hetero) is 1. The van der Waals surface area contributed by atoms with Crippen molar-refractivity contribution in [3.63, 3.8) is 0 Å². The van der Waals surface area contributed by atoms with E-state index >= 15 is 0 Å². The maximum Gasteiger partial charge on any atom is 0.308 e. The highest BCUT2D eigenvalue weighted by molar-refractivity contribution is 5.79. The van der Waals surface area contributed by atoms with Gasteiger partial charge in [0.2, 0.25) is 0 Å². The van der Waals surface area contributed by atoms with E-state index < -0.39 is 18.2 Å². The van der Waals surface area contributed by atoms with Crippen LogP contribution in [0.4, 0.5) is 0 Å². The molecule has 0 amide bonds. The number of ether oxygens (including phenoxy) is 1. The summed E-state index contributed by atoms with van der Waals surface area (Å²) in [5, 5.41) is 18.7. The van der Waals surface area contributed by atoms with E-state index in [-0.39, 0.29) is 31.1 Å². The van der Waals surface area contributed by atoms with Gasteiger partial charge in [-0.2, -0.15) is 0 Å². The van der Waals surface area contributed by atoms with Crippen LogP contribution in [-0.2, 0) is 14.3 Å². The highest BCUT2D eigenvalue weighted by atomic mass is 16.5. The molecule has 0 unspecified atom stereocenters. The third kappa shape index (κ3) is 3.97. The minimum absolute atomic E-state index is 0.0961. The van der Waals surface area contributed by atoms with Gasteiger partial charge in [-0.3, -0.25) is 9.59 Å². The zero-order valence-electron chi connectivity index (χ0n) is 8.68. The molecule has 0 bridgehead atoms. The Morgan fingerprint density at radius 3 is 2.47 bits per heavy atom. The lowest BCUT2D eigenvalue weighted by Crippen LogP contribution is -2.33. The summed E-state index contributed by atoms with van der Waals surface area (Å²) in [5.41, 5.74) is 0.